The van der Waals surface area contributed by atoms with Gasteiger partial charge in [0.1, 0.15) is 0 Å². The molecule has 1 atom stereocenters. The largest absolute Gasteiger partial charge is 0.387 e. The Hall–Kier alpha value is -1.88. The molecule has 0 aromatic heterocycles. The first-order chi connectivity index (χ1) is 11.8. The number of nitrogens with one attached hydrogen (secondary N) is 1. The van der Waals surface area contributed by atoms with Gasteiger partial charge in [-0.25, -0.2) is 0 Å². The van der Waals surface area contributed by atoms with Gasteiger partial charge in [-0.15, -0.1) is 0 Å². The van der Waals surface area contributed by atoms with Crippen LogP contribution in [0.5, 0.6) is 0 Å². The number of hydrogen-bond acceptors (Lipinski definition) is 3. The van der Waals surface area contributed by atoms with Gasteiger partial charge in [0.05, 0.1) is 12.0 Å². The highest BCUT2D eigenvalue weighted by Gasteiger charge is 2.47. The number of anilines is 1. The predicted molar refractivity (Wildman–Crippen MR) is 97.3 cm³/mol. The molecule has 0 bridgehead atoms. The van der Waals surface area contributed by atoms with Crippen LogP contribution in [0, 0.1) is 5.41 Å². The monoisotopic (exact) mass is 344 g/mol. The van der Waals surface area contributed by atoms with E-state index in [2.05, 4.69) is 19.2 Å². The first-order valence-corrected chi connectivity index (χ1v) is 9.19. The molecule has 3 rings (SSSR count). The fraction of sp³-hybridized carbons (Fsp3) is 0.600. The zero-order valence-corrected chi connectivity index (χ0v) is 15.2. The summed E-state index contributed by atoms with van der Waals surface area (Å²) < 4.78 is 0. The van der Waals surface area contributed by atoms with Gasteiger partial charge in [0.15, 0.2) is 0 Å². The molecule has 2 N–H and O–H groups in total. The van der Waals surface area contributed by atoms with E-state index in [0.717, 1.165) is 43.5 Å². The molecule has 1 saturated heterocycles. The van der Waals surface area contributed by atoms with E-state index in [1.54, 1.807) is 4.90 Å². The van der Waals surface area contributed by atoms with Gasteiger partial charge in [0.2, 0.25) is 11.8 Å². The molecular weight excluding hydrogens is 316 g/mol. The second kappa shape index (κ2) is 6.79. The van der Waals surface area contributed by atoms with Crippen molar-refractivity contribution in [3.8, 4) is 0 Å². The quantitative estimate of drug-likeness (QED) is 0.862. The Balaban J connectivity index is 1.59. The lowest BCUT2D eigenvalue weighted by atomic mass is 9.78. The molecule has 1 aliphatic carbocycles. The van der Waals surface area contributed by atoms with E-state index >= 15 is 0 Å². The van der Waals surface area contributed by atoms with Crippen LogP contribution < -0.4 is 10.2 Å². The van der Waals surface area contributed by atoms with Crippen molar-refractivity contribution in [1.82, 2.24) is 5.32 Å². The minimum atomic E-state index is -0.827. The van der Waals surface area contributed by atoms with Crippen molar-refractivity contribution >= 4 is 17.5 Å². The van der Waals surface area contributed by atoms with Crippen LogP contribution in [0.25, 0.3) is 0 Å². The number of amides is 2. The second-order valence-corrected chi connectivity index (χ2v) is 8.04. The first-order valence-electron chi connectivity index (χ1n) is 9.19. The van der Waals surface area contributed by atoms with Crippen molar-refractivity contribution in [1.29, 1.82) is 0 Å². The lowest BCUT2D eigenvalue weighted by Gasteiger charge is -2.36. The molecule has 0 radical (unpaired) electrons. The predicted octanol–water partition coefficient (Wildman–Crippen LogP) is 2.41. The Bertz CT molecular complexity index is 671. The number of carbonyl (C=O) groups is 2. The van der Waals surface area contributed by atoms with Gasteiger partial charge in [-0.1, -0.05) is 26.0 Å². The van der Waals surface area contributed by atoms with Crippen LogP contribution in [0.2, 0.25) is 0 Å². The highest BCUT2D eigenvalue weighted by Crippen LogP contribution is 2.45. The van der Waals surface area contributed by atoms with Crippen molar-refractivity contribution in [2.75, 3.05) is 18.0 Å². The summed E-state index contributed by atoms with van der Waals surface area (Å²) in [7, 11) is 0. The zero-order valence-electron chi connectivity index (χ0n) is 15.2. The highest BCUT2D eigenvalue weighted by molar-refractivity contribution is 5.95. The average molecular weight is 344 g/mol. The van der Waals surface area contributed by atoms with Gasteiger partial charge < -0.3 is 15.3 Å². The summed E-state index contributed by atoms with van der Waals surface area (Å²) in [5.74, 6) is 0.0494. The number of nitrogens with zero attached hydrogens (tertiary/aromatic N) is 1. The van der Waals surface area contributed by atoms with E-state index in [-0.39, 0.29) is 23.7 Å². The maximum Gasteiger partial charge on any atom is 0.227 e. The van der Waals surface area contributed by atoms with Crippen LogP contribution in [0.1, 0.15) is 51.5 Å². The van der Waals surface area contributed by atoms with Crippen LogP contribution in [-0.2, 0) is 16.0 Å². The topological polar surface area (TPSA) is 69.6 Å². The maximum absolute atomic E-state index is 12.3. The molecule has 25 heavy (non-hydrogen) atoms. The molecule has 1 saturated carbocycles. The third kappa shape index (κ3) is 3.71. The molecule has 1 aromatic rings. The Kier molecular flexibility index (Phi) is 4.87. The van der Waals surface area contributed by atoms with Crippen molar-refractivity contribution in [2.24, 2.45) is 5.41 Å². The van der Waals surface area contributed by atoms with Crippen LogP contribution in [0.4, 0.5) is 5.69 Å². The van der Waals surface area contributed by atoms with Crippen molar-refractivity contribution in [2.45, 2.75) is 58.0 Å². The summed E-state index contributed by atoms with van der Waals surface area (Å²) in [5, 5.41) is 13.7. The lowest BCUT2D eigenvalue weighted by molar-refractivity contribution is -0.123. The molecule has 1 heterocycles. The number of hydrogen-bond donors (Lipinski definition) is 2. The van der Waals surface area contributed by atoms with Gasteiger partial charge >= 0.3 is 0 Å². The van der Waals surface area contributed by atoms with Gasteiger partial charge in [-0.3, -0.25) is 9.59 Å². The molecule has 2 amide bonds. The maximum atomic E-state index is 12.3. The molecule has 1 aromatic carbocycles. The molecule has 2 fully saturated rings. The van der Waals surface area contributed by atoms with Crippen molar-refractivity contribution in [3.63, 3.8) is 0 Å². The lowest BCUT2D eigenvalue weighted by Crippen LogP contribution is -2.49. The molecular formula is C20H28N2O3. The van der Waals surface area contributed by atoms with Crippen molar-refractivity contribution < 1.29 is 14.7 Å². The normalized spacial score (nSPS) is 25.4. The molecule has 0 unspecified atom stereocenters. The second-order valence-electron chi connectivity index (χ2n) is 8.04. The third-order valence-corrected chi connectivity index (χ3v) is 5.89. The average Bonchev–Trinajstić information content (AvgIpc) is 3.09. The minimum Gasteiger partial charge on any atom is -0.387 e. The molecule has 0 spiro atoms. The Morgan fingerprint density at radius 2 is 2.08 bits per heavy atom. The van der Waals surface area contributed by atoms with Crippen molar-refractivity contribution in [3.05, 3.63) is 29.8 Å². The van der Waals surface area contributed by atoms with Gasteiger partial charge in [0.25, 0.3) is 0 Å². The van der Waals surface area contributed by atoms with E-state index < -0.39 is 5.60 Å². The number of benzene rings is 1. The Labute approximate surface area is 149 Å². The zero-order chi connectivity index (χ0) is 18.1. The van der Waals surface area contributed by atoms with E-state index in [1.807, 2.05) is 24.3 Å². The van der Waals surface area contributed by atoms with Crippen LogP contribution in [-0.4, -0.2) is 35.6 Å². The summed E-state index contributed by atoms with van der Waals surface area (Å²) in [6, 6.07) is 7.61. The highest BCUT2D eigenvalue weighted by atomic mass is 16.3. The van der Waals surface area contributed by atoms with E-state index in [0.29, 0.717) is 13.0 Å². The molecule has 1 aliphatic heterocycles. The van der Waals surface area contributed by atoms with E-state index in [1.165, 1.54) is 0 Å². The summed E-state index contributed by atoms with van der Waals surface area (Å²) >= 11 is 0. The first kappa shape index (κ1) is 17.9. The fourth-order valence-corrected chi connectivity index (χ4v) is 3.97. The smallest absolute Gasteiger partial charge is 0.227 e. The van der Waals surface area contributed by atoms with E-state index in [9.17, 15) is 14.7 Å². The summed E-state index contributed by atoms with van der Waals surface area (Å²) in [6.45, 7) is 5.16. The molecule has 136 valence electrons. The van der Waals surface area contributed by atoms with Gasteiger partial charge in [-0.05, 0) is 48.8 Å². The van der Waals surface area contributed by atoms with Gasteiger partial charge in [-0.2, -0.15) is 0 Å². The van der Waals surface area contributed by atoms with E-state index in [4.69, 9.17) is 0 Å². The van der Waals surface area contributed by atoms with Crippen LogP contribution >= 0.6 is 0 Å². The number of rotatable bonds is 5. The summed E-state index contributed by atoms with van der Waals surface area (Å²) in [4.78, 5) is 26.0. The number of aliphatic hydroxyl groups is 1. The summed E-state index contributed by atoms with van der Waals surface area (Å²) in [5.41, 5.74) is 0.749. The number of carbonyl (C=O) groups excluding carboxylic acids is 2. The SMILES string of the molecule is CC1(C)CCC[C@]1(O)CNC(=O)Cc1cccc(N2CCCC2=O)c1. The van der Waals surface area contributed by atoms with Crippen LogP contribution in [0.3, 0.4) is 0 Å². The van der Waals surface area contributed by atoms with Gasteiger partial charge in [0, 0.05) is 25.2 Å². The summed E-state index contributed by atoms with van der Waals surface area (Å²) in [6.07, 6.45) is 4.44. The molecule has 5 heteroatoms. The van der Waals surface area contributed by atoms with Crippen LogP contribution in [0.15, 0.2) is 24.3 Å². The Morgan fingerprint density at radius 1 is 1.28 bits per heavy atom. The fourth-order valence-electron chi connectivity index (χ4n) is 3.97. The molecule has 5 nitrogen and oxygen atoms in total. The third-order valence-electron chi connectivity index (χ3n) is 5.89. The minimum absolute atomic E-state index is 0.0963. The Morgan fingerprint density at radius 3 is 2.72 bits per heavy atom. The molecule has 2 aliphatic rings. The standard InChI is InChI=1S/C20H28N2O3/c1-19(2)9-5-10-20(19,25)14-21-17(23)13-15-6-3-7-16(12-15)22-11-4-8-18(22)24/h3,6-7,12,25H,4-5,8-11,13-14H2,1-2H3,(H,21,23)/t20-/m0/s1.